The summed E-state index contributed by atoms with van der Waals surface area (Å²) in [6, 6.07) is 5.58. The van der Waals surface area contributed by atoms with Crippen molar-refractivity contribution in [3.05, 3.63) is 29.8 Å². The van der Waals surface area contributed by atoms with E-state index in [-0.39, 0.29) is 39.9 Å². The number of carbonyl (C=O) groups is 1. The molecule has 0 heterocycles. The van der Waals surface area contributed by atoms with Crippen LogP contribution < -0.4 is 29.6 Å². The van der Waals surface area contributed by atoms with Gasteiger partial charge in [-0.3, -0.25) is 0 Å². The topological polar surface area (TPSA) is 106 Å². The average Bonchev–Trinajstić information content (AvgIpc) is 2.14. The van der Waals surface area contributed by atoms with Crippen LogP contribution in [-0.4, -0.2) is 24.7 Å². The summed E-state index contributed by atoms with van der Waals surface area (Å²) in [5, 5.41) is 0. The largest absolute Gasteiger partial charge is 1.00 e. The third-order valence-corrected chi connectivity index (χ3v) is 2.61. The normalized spacial score (nSPS) is 9.81. The van der Waals surface area contributed by atoms with Gasteiger partial charge in [-0.1, -0.05) is 12.1 Å². The molecule has 1 rings (SSSR count). The maximum absolute atomic E-state index is 10.5. The molecule has 7 heteroatoms. The van der Waals surface area contributed by atoms with Gasteiger partial charge < -0.3 is 14.8 Å². The van der Waals surface area contributed by atoms with Crippen LogP contribution in [0.15, 0.2) is 29.2 Å². The summed E-state index contributed by atoms with van der Waals surface area (Å²) in [5.41, 5.74) is 0.838. The summed E-state index contributed by atoms with van der Waals surface area (Å²) in [6.45, 7) is 0. The maximum atomic E-state index is 10.5. The fourth-order valence-corrected chi connectivity index (χ4v) is 1.52. The molecule has 16 heavy (non-hydrogen) atoms. The molecular formula is C9H11NaO5S. The second-order valence-electron chi connectivity index (χ2n) is 2.80. The van der Waals surface area contributed by atoms with Crippen molar-refractivity contribution in [3.8, 4) is 0 Å². The molecule has 2 N–H and O–H groups in total. The van der Waals surface area contributed by atoms with Gasteiger partial charge in [0.2, 0.25) is 0 Å². The van der Waals surface area contributed by atoms with Crippen LogP contribution >= 0.6 is 0 Å². The van der Waals surface area contributed by atoms with E-state index in [1.165, 1.54) is 24.3 Å². The van der Waals surface area contributed by atoms with Crippen LogP contribution in [0.25, 0.3) is 0 Å². The number of aryl methyl sites for hydroxylation is 1. The Labute approximate surface area is 116 Å². The molecule has 0 radical (unpaired) electrons. The number of hydrogen-bond donors (Lipinski definition) is 0. The first-order valence-electron chi connectivity index (χ1n) is 4.02. The Hall–Kier alpha value is -0.240. The Kier molecular flexibility index (Phi) is 9.00. The molecule has 0 saturated heterocycles. The molecule has 0 fully saturated rings. The zero-order chi connectivity index (χ0) is 10.6. The van der Waals surface area contributed by atoms with Gasteiger partial charge >= 0.3 is 29.6 Å². The predicted molar refractivity (Wildman–Crippen MR) is 52.4 cm³/mol. The Morgan fingerprint density at radius 2 is 1.69 bits per heavy atom. The van der Waals surface area contributed by atoms with Gasteiger partial charge in [0.05, 0.1) is 4.90 Å². The summed E-state index contributed by atoms with van der Waals surface area (Å²) in [6.07, 6.45) is 1.74. The van der Waals surface area contributed by atoms with Crippen molar-refractivity contribution < 1.29 is 52.8 Å². The first-order chi connectivity index (χ1) is 6.54. The molecule has 0 aliphatic rings. The van der Waals surface area contributed by atoms with E-state index in [2.05, 4.69) is 0 Å². The van der Waals surface area contributed by atoms with Crippen molar-refractivity contribution in [1.29, 1.82) is 0 Å². The molecular weight excluding hydrogens is 243 g/mol. The SMILES string of the molecule is O.O=CCCc1ccc(S(=O)(=O)[O-])cc1.[Na+]. The molecule has 0 amide bonds. The van der Waals surface area contributed by atoms with Crippen LogP contribution in [0.3, 0.4) is 0 Å². The molecule has 0 aromatic heterocycles. The van der Waals surface area contributed by atoms with E-state index in [1.807, 2.05) is 0 Å². The van der Waals surface area contributed by atoms with Crippen molar-refractivity contribution in [2.75, 3.05) is 0 Å². The summed E-state index contributed by atoms with van der Waals surface area (Å²) in [5.74, 6) is 0. The van der Waals surface area contributed by atoms with Gasteiger partial charge in [0.15, 0.2) is 0 Å². The van der Waals surface area contributed by atoms with Crippen molar-refractivity contribution in [2.24, 2.45) is 0 Å². The minimum absolute atomic E-state index is 0. The molecule has 0 atom stereocenters. The molecule has 5 nitrogen and oxygen atoms in total. The second kappa shape index (κ2) is 7.94. The predicted octanol–water partition coefficient (Wildman–Crippen LogP) is -3.10. The monoisotopic (exact) mass is 254 g/mol. The first-order valence-corrected chi connectivity index (χ1v) is 5.43. The van der Waals surface area contributed by atoms with Crippen LogP contribution in [0.2, 0.25) is 0 Å². The standard InChI is InChI=1S/C9H10O4S.Na.H2O/c10-7-1-2-8-3-5-9(6-4-8)14(11,12)13;;/h3-7H,1-2H2,(H,11,12,13);;1H2/q;+1;/p-1. The van der Waals surface area contributed by atoms with Crippen LogP contribution in [0, 0.1) is 0 Å². The molecule has 84 valence electrons. The molecule has 0 aliphatic carbocycles. The molecule has 0 saturated carbocycles. The first kappa shape index (κ1) is 18.1. The molecule has 0 unspecified atom stereocenters. The number of aldehydes is 1. The molecule has 0 bridgehead atoms. The number of carbonyl (C=O) groups excluding carboxylic acids is 1. The Balaban J connectivity index is 0. The minimum Gasteiger partial charge on any atom is -0.744 e. The van der Waals surface area contributed by atoms with E-state index in [4.69, 9.17) is 0 Å². The van der Waals surface area contributed by atoms with Gasteiger partial charge in [0, 0.05) is 6.42 Å². The van der Waals surface area contributed by atoms with E-state index in [0.29, 0.717) is 12.8 Å². The zero-order valence-corrected chi connectivity index (χ0v) is 11.7. The Bertz CT molecular complexity index is 412. The summed E-state index contributed by atoms with van der Waals surface area (Å²) in [7, 11) is -4.36. The van der Waals surface area contributed by atoms with Crippen molar-refractivity contribution >= 4 is 16.4 Å². The van der Waals surface area contributed by atoms with Crippen LogP contribution in [0.4, 0.5) is 0 Å². The molecule has 1 aromatic carbocycles. The maximum Gasteiger partial charge on any atom is 1.00 e. The van der Waals surface area contributed by atoms with Gasteiger partial charge in [0.1, 0.15) is 16.4 Å². The van der Waals surface area contributed by atoms with Gasteiger partial charge in [-0.05, 0) is 24.1 Å². The quantitative estimate of drug-likeness (QED) is 0.322. The van der Waals surface area contributed by atoms with Crippen LogP contribution in [-0.2, 0) is 21.3 Å². The van der Waals surface area contributed by atoms with Gasteiger partial charge in [-0.15, -0.1) is 0 Å². The van der Waals surface area contributed by atoms with Gasteiger partial charge in [0.25, 0.3) is 0 Å². The van der Waals surface area contributed by atoms with E-state index in [9.17, 15) is 17.8 Å². The third-order valence-electron chi connectivity index (χ3n) is 1.76. The Morgan fingerprint density at radius 3 is 2.06 bits per heavy atom. The Morgan fingerprint density at radius 1 is 1.19 bits per heavy atom. The summed E-state index contributed by atoms with van der Waals surface area (Å²) in [4.78, 5) is 9.82. The number of hydrogen-bond acceptors (Lipinski definition) is 4. The van der Waals surface area contributed by atoms with Crippen molar-refractivity contribution in [1.82, 2.24) is 0 Å². The van der Waals surface area contributed by atoms with Crippen molar-refractivity contribution in [3.63, 3.8) is 0 Å². The van der Waals surface area contributed by atoms with Crippen LogP contribution in [0.1, 0.15) is 12.0 Å². The van der Waals surface area contributed by atoms with Crippen LogP contribution in [0.5, 0.6) is 0 Å². The molecule has 0 aliphatic heterocycles. The average molecular weight is 254 g/mol. The zero-order valence-electron chi connectivity index (χ0n) is 8.84. The number of rotatable bonds is 4. The fourth-order valence-electron chi connectivity index (χ4n) is 1.05. The van der Waals surface area contributed by atoms with Gasteiger partial charge in [-0.2, -0.15) is 0 Å². The molecule has 0 spiro atoms. The summed E-state index contributed by atoms with van der Waals surface area (Å²) >= 11 is 0. The fraction of sp³-hybridized carbons (Fsp3) is 0.222. The smallest absolute Gasteiger partial charge is 0.744 e. The van der Waals surface area contributed by atoms with E-state index in [0.717, 1.165) is 11.8 Å². The number of benzene rings is 1. The van der Waals surface area contributed by atoms with E-state index < -0.39 is 10.1 Å². The van der Waals surface area contributed by atoms with E-state index in [1.54, 1.807) is 0 Å². The third kappa shape index (κ3) is 5.74. The van der Waals surface area contributed by atoms with Gasteiger partial charge in [-0.25, -0.2) is 8.42 Å². The second-order valence-corrected chi connectivity index (χ2v) is 4.18. The minimum atomic E-state index is -4.36. The molecule has 1 aromatic rings. The summed E-state index contributed by atoms with van der Waals surface area (Å²) < 4.78 is 31.6. The van der Waals surface area contributed by atoms with E-state index >= 15 is 0 Å². The van der Waals surface area contributed by atoms with Crippen molar-refractivity contribution in [2.45, 2.75) is 17.7 Å².